The van der Waals surface area contributed by atoms with Gasteiger partial charge in [-0.2, -0.15) is 18.3 Å². The number of fused-ring (bicyclic) bond motifs is 1. The van der Waals surface area contributed by atoms with Crippen LogP contribution >= 0.6 is 0 Å². The fourth-order valence-corrected chi connectivity index (χ4v) is 3.27. The van der Waals surface area contributed by atoms with Gasteiger partial charge in [-0.1, -0.05) is 6.07 Å². The number of halogens is 3. The third-order valence-electron chi connectivity index (χ3n) is 5.03. The predicted molar refractivity (Wildman–Crippen MR) is 116 cm³/mol. The molecule has 0 saturated carbocycles. The van der Waals surface area contributed by atoms with Crippen LogP contribution in [0.2, 0.25) is 0 Å². The topological polar surface area (TPSA) is 108 Å². The number of nitrogens with zero attached hydrogens (tertiary/aromatic N) is 4. The van der Waals surface area contributed by atoms with Gasteiger partial charge in [0.05, 0.1) is 12.1 Å². The molecule has 0 spiro atoms. The molecule has 1 amide bonds. The van der Waals surface area contributed by atoms with Crippen LogP contribution in [0.5, 0.6) is 0 Å². The second-order valence-corrected chi connectivity index (χ2v) is 7.50. The van der Waals surface area contributed by atoms with Crippen molar-refractivity contribution in [3.8, 4) is 11.3 Å². The summed E-state index contributed by atoms with van der Waals surface area (Å²) >= 11 is 0. The van der Waals surface area contributed by atoms with E-state index < -0.39 is 11.9 Å². The third-order valence-corrected chi connectivity index (χ3v) is 5.03. The summed E-state index contributed by atoms with van der Waals surface area (Å²) in [4.78, 5) is 24.2. The quantitative estimate of drug-likeness (QED) is 0.405. The molecule has 4 aromatic heterocycles. The Kier molecular flexibility index (Phi) is 6.05. The first-order chi connectivity index (χ1) is 15.7. The molecular formula is C22H20F3N7O. The molecule has 11 heteroatoms. The molecule has 0 unspecified atom stereocenters. The van der Waals surface area contributed by atoms with Gasteiger partial charge >= 0.3 is 6.18 Å². The van der Waals surface area contributed by atoms with Gasteiger partial charge in [-0.05, 0) is 37.6 Å². The lowest BCUT2D eigenvalue weighted by Crippen LogP contribution is -2.30. The second kappa shape index (κ2) is 8.94. The molecule has 1 atom stereocenters. The maximum Gasteiger partial charge on any atom is 0.433 e. The molecule has 0 aliphatic heterocycles. The van der Waals surface area contributed by atoms with E-state index >= 15 is 0 Å². The molecule has 4 aromatic rings. The Hall–Kier alpha value is -3.86. The van der Waals surface area contributed by atoms with Crippen molar-refractivity contribution in [1.82, 2.24) is 30.5 Å². The molecule has 0 saturated heterocycles. The van der Waals surface area contributed by atoms with Crippen LogP contribution in [0.3, 0.4) is 0 Å². The predicted octanol–water partition coefficient (Wildman–Crippen LogP) is 4.03. The zero-order valence-electron chi connectivity index (χ0n) is 17.7. The molecule has 4 heterocycles. The lowest BCUT2D eigenvalue weighted by Gasteiger charge is -2.14. The average molecular weight is 455 g/mol. The van der Waals surface area contributed by atoms with E-state index in [9.17, 15) is 18.0 Å². The highest BCUT2D eigenvalue weighted by Crippen LogP contribution is 2.28. The number of aromatic amines is 1. The van der Waals surface area contributed by atoms with Crippen molar-refractivity contribution in [3.05, 3.63) is 65.9 Å². The van der Waals surface area contributed by atoms with E-state index in [4.69, 9.17) is 0 Å². The minimum absolute atomic E-state index is 0.0631. The number of amides is 1. The molecular weight excluding hydrogens is 435 g/mol. The molecule has 170 valence electrons. The van der Waals surface area contributed by atoms with Gasteiger partial charge in [0.2, 0.25) is 5.91 Å². The Bertz CT molecular complexity index is 1290. The van der Waals surface area contributed by atoms with Gasteiger partial charge in [0, 0.05) is 47.3 Å². The van der Waals surface area contributed by atoms with Gasteiger partial charge in [-0.15, -0.1) is 0 Å². The summed E-state index contributed by atoms with van der Waals surface area (Å²) in [5.41, 5.74) is 2.80. The third kappa shape index (κ3) is 5.14. The minimum atomic E-state index is -4.49. The van der Waals surface area contributed by atoms with E-state index in [0.717, 1.165) is 34.6 Å². The maximum absolute atomic E-state index is 12.6. The number of aromatic nitrogens is 5. The van der Waals surface area contributed by atoms with Crippen molar-refractivity contribution in [2.75, 3.05) is 11.9 Å². The van der Waals surface area contributed by atoms with Crippen LogP contribution in [0, 0.1) is 6.92 Å². The van der Waals surface area contributed by atoms with Gasteiger partial charge in [0.25, 0.3) is 0 Å². The molecule has 0 aliphatic rings. The number of hydrogen-bond donors (Lipinski definition) is 3. The van der Waals surface area contributed by atoms with Crippen molar-refractivity contribution in [2.24, 2.45) is 0 Å². The standard InChI is InChI=1S/C22H20F3N7O/c1-12-7-14(5-6-26-12)21-16-10-29-19(8-17(16)31-32-21)30-20(33)11-27-13(2)15-3-4-18(28-9-15)22(23,24)25/h3-10,13,27H,11H2,1-2H3,(H,31,32)(H,29,30,33)/t13-/m1/s1. The number of H-pyrrole nitrogens is 1. The zero-order chi connectivity index (χ0) is 23.6. The zero-order valence-corrected chi connectivity index (χ0v) is 17.7. The minimum Gasteiger partial charge on any atom is -0.310 e. The highest BCUT2D eigenvalue weighted by molar-refractivity contribution is 5.96. The fraction of sp³-hybridized carbons (Fsp3) is 0.227. The number of aryl methyl sites for hydroxylation is 1. The van der Waals surface area contributed by atoms with E-state index in [2.05, 4.69) is 35.8 Å². The molecule has 0 radical (unpaired) electrons. The van der Waals surface area contributed by atoms with Crippen LogP contribution in [0.1, 0.15) is 29.9 Å². The van der Waals surface area contributed by atoms with Gasteiger partial charge < -0.3 is 10.6 Å². The van der Waals surface area contributed by atoms with E-state index in [1.165, 1.54) is 6.07 Å². The molecule has 8 nitrogen and oxygen atoms in total. The van der Waals surface area contributed by atoms with Crippen LogP contribution < -0.4 is 10.6 Å². The van der Waals surface area contributed by atoms with Crippen molar-refractivity contribution < 1.29 is 18.0 Å². The van der Waals surface area contributed by atoms with Gasteiger partial charge in [-0.25, -0.2) is 4.98 Å². The van der Waals surface area contributed by atoms with E-state index in [0.29, 0.717) is 16.9 Å². The van der Waals surface area contributed by atoms with E-state index in [1.807, 2.05) is 19.1 Å². The largest absolute Gasteiger partial charge is 0.433 e. The van der Waals surface area contributed by atoms with Crippen molar-refractivity contribution in [2.45, 2.75) is 26.1 Å². The van der Waals surface area contributed by atoms with Gasteiger partial charge in [0.1, 0.15) is 17.2 Å². The molecule has 33 heavy (non-hydrogen) atoms. The summed E-state index contributed by atoms with van der Waals surface area (Å²) in [5.74, 6) is -0.00248. The first kappa shape index (κ1) is 22.3. The summed E-state index contributed by atoms with van der Waals surface area (Å²) < 4.78 is 37.9. The summed E-state index contributed by atoms with van der Waals surface area (Å²) in [6.07, 6.45) is -0.00471. The SMILES string of the molecule is Cc1cc(-c2n[nH]c3cc(NC(=O)CN[C@H](C)c4ccc(C(F)(F)F)nc4)ncc23)ccn1. The average Bonchev–Trinajstić information content (AvgIpc) is 3.20. The summed E-state index contributed by atoms with van der Waals surface area (Å²) in [5, 5.41) is 13.7. The Morgan fingerprint density at radius 1 is 1.12 bits per heavy atom. The van der Waals surface area contributed by atoms with Crippen molar-refractivity contribution in [3.63, 3.8) is 0 Å². The molecule has 3 N–H and O–H groups in total. The van der Waals surface area contributed by atoms with Crippen LogP contribution in [-0.4, -0.2) is 37.6 Å². The second-order valence-electron chi connectivity index (χ2n) is 7.50. The van der Waals surface area contributed by atoms with E-state index in [1.54, 1.807) is 25.4 Å². The Balaban J connectivity index is 1.38. The number of hydrogen-bond acceptors (Lipinski definition) is 6. The number of alkyl halides is 3. The van der Waals surface area contributed by atoms with Crippen LogP contribution in [0.25, 0.3) is 22.2 Å². The smallest absolute Gasteiger partial charge is 0.310 e. The van der Waals surface area contributed by atoms with Crippen LogP contribution in [-0.2, 0) is 11.0 Å². The van der Waals surface area contributed by atoms with E-state index in [-0.39, 0.29) is 18.5 Å². The number of pyridine rings is 3. The lowest BCUT2D eigenvalue weighted by atomic mass is 10.1. The number of rotatable bonds is 6. The van der Waals surface area contributed by atoms with Gasteiger partial charge in [-0.3, -0.25) is 19.9 Å². The van der Waals surface area contributed by atoms with Crippen molar-refractivity contribution >= 4 is 22.6 Å². The number of carbonyl (C=O) groups excluding carboxylic acids is 1. The molecule has 0 aromatic carbocycles. The highest BCUT2D eigenvalue weighted by atomic mass is 19.4. The van der Waals surface area contributed by atoms with Gasteiger partial charge in [0.15, 0.2) is 0 Å². The Morgan fingerprint density at radius 3 is 2.64 bits per heavy atom. The van der Waals surface area contributed by atoms with Crippen molar-refractivity contribution in [1.29, 1.82) is 0 Å². The number of nitrogens with one attached hydrogen (secondary N) is 3. The first-order valence-electron chi connectivity index (χ1n) is 10.0. The summed E-state index contributed by atoms with van der Waals surface area (Å²) in [7, 11) is 0. The number of carbonyl (C=O) groups is 1. The Morgan fingerprint density at radius 2 is 1.94 bits per heavy atom. The monoisotopic (exact) mass is 455 g/mol. The fourth-order valence-electron chi connectivity index (χ4n) is 3.27. The molecule has 0 bridgehead atoms. The lowest BCUT2D eigenvalue weighted by molar-refractivity contribution is -0.141. The molecule has 4 rings (SSSR count). The molecule has 0 fully saturated rings. The van der Waals surface area contributed by atoms with Crippen LogP contribution in [0.15, 0.2) is 48.9 Å². The number of anilines is 1. The summed E-state index contributed by atoms with van der Waals surface area (Å²) in [6.45, 7) is 3.56. The normalized spacial score (nSPS) is 12.6. The highest BCUT2D eigenvalue weighted by Gasteiger charge is 2.32. The Labute approximate surface area is 186 Å². The van der Waals surface area contributed by atoms with Crippen LogP contribution in [0.4, 0.5) is 19.0 Å². The summed E-state index contributed by atoms with van der Waals surface area (Å²) in [6, 6.07) is 7.34. The first-order valence-corrected chi connectivity index (χ1v) is 10.0. The maximum atomic E-state index is 12.6. The molecule has 0 aliphatic carbocycles.